The molecule has 0 bridgehead atoms. The molecule has 5 heteroatoms. The number of benzene rings is 2. The first kappa shape index (κ1) is 15.6. The lowest BCUT2D eigenvalue weighted by molar-refractivity contribution is 0.177. The molecule has 0 amide bonds. The summed E-state index contributed by atoms with van der Waals surface area (Å²) >= 11 is 15.7. The highest BCUT2D eigenvalue weighted by Gasteiger charge is 2.16. The number of ether oxygens (including phenoxy) is 1. The molecule has 2 nitrogen and oxygen atoms in total. The Morgan fingerprint density at radius 2 is 1.85 bits per heavy atom. The average molecular weight is 376 g/mol. The molecule has 0 aliphatic heterocycles. The summed E-state index contributed by atoms with van der Waals surface area (Å²) in [5, 5.41) is 11.5. The van der Waals surface area contributed by atoms with Crippen molar-refractivity contribution in [3.05, 3.63) is 62.0 Å². The quantitative estimate of drug-likeness (QED) is 0.810. The third kappa shape index (κ3) is 3.47. The van der Waals surface area contributed by atoms with Crippen molar-refractivity contribution in [2.75, 3.05) is 7.11 Å². The summed E-state index contributed by atoms with van der Waals surface area (Å²) in [5.74, 6) is 0.688. The number of rotatable bonds is 4. The van der Waals surface area contributed by atoms with Crippen molar-refractivity contribution in [3.63, 3.8) is 0 Å². The number of halogens is 3. The molecule has 0 aliphatic rings. The van der Waals surface area contributed by atoms with Crippen molar-refractivity contribution in [3.8, 4) is 5.75 Å². The van der Waals surface area contributed by atoms with Gasteiger partial charge in [0.25, 0.3) is 0 Å². The SMILES string of the molecule is COc1ccc(Br)c(C(O)Cc2c(Cl)cccc2Cl)c1. The van der Waals surface area contributed by atoms with Gasteiger partial charge >= 0.3 is 0 Å². The number of aliphatic hydroxyl groups excluding tert-OH is 1. The van der Waals surface area contributed by atoms with Crippen LogP contribution in [0.4, 0.5) is 0 Å². The van der Waals surface area contributed by atoms with Gasteiger partial charge in [0, 0.05) is 20.9 Å². The molecule has 2 aromatic carbocycles. The van der Waals surface area contributed by atoms with Gasteiger partial charge in [-0.1, -0.05) is 45.2 Å². The van der Waals surface area contributed by atoms with E-state index in [0.717, 1.165) is 15.6 Å². The van der Waals surface area contributed by atoms with E-state index in [1.165, 1.54) is 0 Å². The van der Waals surface area contributed by atoms with E-state index in [2.05, 4.69) is 15.9 Å². The van der Waals surface area contributed by atoms with Gasteiger partial charge in [-0.15, -0.1) is 0 Å². The minimum Gasteiger partial charge on any atom is -0.497 e. The highest BCUT2D eigenvalue weighted by atomic mass is 79.9. The third-order valence-electron chi connectivity index (χ3n) is 3.02. The van der Waals surface area contributed by atoms with Crippen LogP contribution in [-0.4, -0.2) is 12.2 Å². The molecule has 0 aromatic heterocycles. The van der Waals surface area contributed by atoms with Gasteiger partial charge in [0.15, 0.2) is 0 Å². The fourth-order valence-electron chi connectivity index (χ4n) is 1.93. The van der Waals surface area contributed by atoms with Crippen molar-refractivity contribution < 1.29 is 9.84 Å². The average Bonchev–Trinajstić information content (AvgIpc) is 2.43. The van der Waals surface area contributed by atoms with Gasteiger partial charge in [-0.25, -0.2) is 0 Å². The second kappa shape index (κ2) is 6.81. The molecule has 0 spiro atoms. The van der Waals surface area contributed by atoms with Crippen LogP contribution in [0, 0.1) is 0 Å². The molecule has 1 unspecified atom stereocenters. The highest BCUT2D eigenvalue weighted by Crippen LogP contribution is 2.33. The van der Waals surface area contributed by atoms with E-state index in [4.69, 9.17) is 27.9 Å². The van der Waals surface area contributed by atoms with Crippen molar-refractivity contribution >= 4 is 39.1 Å². The standard InChI is InChI=1S/C15H13BrCl2O2/c1-20-9-5-6-12(16)10(7-9)15(19)8-11-13(17)3-2-4-14(11)18/h2-7,15,19H,8H2,1H3. The monoisotopic (exact) mass is 374 g/mol. The Morgan fingerprint density at radius 3 is 2.45 bits per heavy atom. The molecular formula is C15H13BrCl2O2. The Balaban J connectivity index is 2.30. The Morgan fingerprint density at radius 1 is 1.20 bits per heavy atom. The first-order valence-electron chi connectivity index (χ1n) is 5.97. The van der Waals surface area contributed by atoms with Crippen LogP contribution in [0.25, 0.3) is 0 Å². The van der Waals surface area contributed by atoms with E-state index < -0.39 is 6.10 Å². The van der Waals surface area contributed by atoms with Crippen molar-refractivity contribution in [2.24, 2.45) is 0 Å². The van der Waals surface area contributed by atoms with Crippen LogP contribution in [0.1, 0.15) is 17.2 Å². The lowest BCUT2D eigenvalue weighted by Gasteiger charge is -2.16. The molecule has 2 aromatic rings. The molecule has 20 heavy (non-hydrogen) atoms. The Kier molecular flexibility index (Phi) is 5.33. The third-order valence-corrected chi connectivity index (χ3v) is 4.45. The van der Waals surface area contributed by atoms with Crippen LogP contribution in [0.2, 0.25) is 10.0 Å². The lowest BCUT2D eigenvalue weighted by Crippen LogP contribution is -2.04. The molecular weight excluding hydrogens is 363 g/mol. The van der Waals surface area contributed by atoms with Gasteiger partial charge in [-0.2, -0.15) is 0 Å². The molecule has 0 heterocycles. The number of hydrogen-bond donors (Lipinski definition) is 1. The molecule has 1 N–H and O–H groups in total. The zero-order valence-electron chi connectivity index (χ0n) is 10.7. The maximum atomic E-state index is 10.4. The summed E-state index contributed by atoms with van der Waals surface area (Å²) in [6.07, 6.45) is -0.388. The second-order valence-corrected chi connectivity index (χ2v) is 5.98. The smallest absolute Gasteiger partial charge is 0.119 e. The number of hydrogen-bond acceptors (Lipinski definition) is 2. The van der Waals surface area contributed by atoms with E-state index in [0.29, 0.717) is 22.2 Å². The molecule has 0 fully saturated rings. The minimum absolute atomic E-state index is 0.338. The topological polar surface area (TPSA) is 29.5 Å². The predicted molar refractivity (Wildman–Crippen MR) is 85.8 cm³/mol. The highest BCUT2D eigenvalue weighted by molar-refractivity contribution is 9.10. The van der Waals surface area contributed by atoms with E-state index >= 15 is 0 Å². The maximum absolute atomic E-state index is 10.4. The van der Waals surface area contributed by atoms with Gasteiger partial charge in [-0.3, -0.25) is 0 Å². The van der Waals surface area contributed by atoms with Crippen LogP contribution >= 0.6 is 39.1 Å². The first-order chi connectivity index (χ1) is 9.52. The Labute approximate surface area is 136 Å². The predicted octanol–water partition coefficient (Wildman–Crippen LogP) is 5.04. The zero-order valence-corrected chi connectivity index (χ0v) is 13.8. The maximum Gasteiger partial charge on any atom is 0.119 e. The molecule has 0 saturated heterocycles. The second-order valence-electron chi connectivity index (χ2n) is 4.31. The largest absolute Gasteiger partial charge is 0.497 e. The Bertz CT molecular complexity index is 597. The first-order valence-corrected chi connectivity index (χ1v) is 7.52. The van der Waals surface area contributed by atoms with Crippen LogP contribution in [0.15, 0.2) is 40.9 Å². The molecule has 106 valence electrons. The van der Waals surface area contributed by atoms with Crippen LogP contribution in [0.5, 0.6) is 5.75 Å². The summed E-state index contributed by atoms with van der Waals surface area (Å²) < 4.78 is 5.99. The van der Waals surface area contributed by atoms with Crippen molar-refractivity contribution in [1.82, 2.24) is 0 Å². The van der Waals surface area contributed by atoms with Crippen LogP contribution < -0.4 is 4.74 Å². The minimum atomic E-state index is -0.725. The summed E-state index contributed by atoms with van der Waals surface area (Å²) in [4.78, 5) is 0. The van der Waals surface area contributed by atoms with E-state index in [1.54, 1.807) is 31.4 Å². The molecule has 2 rings (SSSR count). The molecule has 1 atom stereocenters. The van der Waals surface area contributed by atoms with Gasteiger partial charge in [0.05, 0.1) is 13.2 Å². The van der Waals surface area contributed by atoms with Crippen LogP contribution in [0.3, 0.4) is 0 Å². The van der Waals surface area contributed by atoms with Gasteiger partial charge in [0.2, 0.25) is 0 Å². The van der Waals surface area contributed by atoms with E-state index in [1.807, 2.05) is 12.1 Å². The van der Waals surface area contributed by atoms with E-state index in [-0.39, 0.29) is 0 Å². The molecule has 0 aliphatic carbocycles. The number of aliphatic hydroxyl groups is 1. The molecule has 0 saturated carbocycles. The zero-order chi connectivity index (χ0) is 14.7. The summed E-state index contributed by atoms with van der Waals surface area (Å²) in [7, 11) is 1.59. The summed E-state index contributed by atoms with van der Waals surface area (Å²) in [6, 6.07) is 10.8. The summed E-state index contributed by atoms with van der Waals surface area (Å²) in [5.41, 5.74) is 1.47. The normalized spacial score (nSPS) is 12.2. The lowest BCUT2D eigenvalue weighted by atomic mass is 10.0. The van der Waals surface area contributed by atoms with Gasteiger partial charge < -0.3 is 9.84 Å². The van der Waals surface area contributed by atoms with E-state index in [9.17, 15) is 5.11 Å². The number of methoxy groups -OCH3 is 1. The fraction of sp³-hybridized carbons (Fsp3) is 0.200. The van der Waals surface area contributed by atoms with Gasteiger partial charge in [0.1, 0.15) is 5.75 Å². The van der Waals surface area contributed by atoms with Crippen LogP contribution in [-0.2, 0) is 6.42 Å². The Hall–Kier alpha value is -0.740. The van der Waals surface area contributed by atoms with Gasteiger partial charge in [-0.05, 0) is 41.5 Å². The fourth-order valence-corrected chi connectivity index (χ4v) is 3.00. The van der Waals surface area contributed by atoms with Crippen molar-refractivity contribution in [1.29, 1.82) is 0 Å². The van der Waals surface area contributed by atoms with Crippen molar-refractivity contribution in [2.45, 2.75) is 12.5 Å². The summed E-state index contributed by atoms with van der Waals surface area (Å²) in [6.45, 7) is 0. The molecule has 0 radical (unpaired) electrons.